The van der Waals surface area contributed by atoms with Gasteiger partial charge in [-0.05, 0) is 6.42 Å². The second-order valence-corrected chi connectivity index (χ2v) is 1.79. The number of rotatable bonds is 5. The molecule has 1 unspecified atom stereocenters. The van der Waals surface area contributed by atoms with Crippen LogP contribution in [-0.4, -0.2) is 11.4 Å². The standard InChI is InChI=1S/C8H12O2/c1-3-5-7-8(10-9)6-4-2/h3-5,7-9H,1-2,6H2. The molecule has 0 aliphatic heterocycles. The normalized spacial score (nSPS) is 13.3. The van der Waals surface area contributed by atoms with E-state index in [1.54, 1.807) is 24.3 Å². The van der Waals surface area contributed by atoms with Crippen LogP contribution in [0, 0.1) is 0 Å². The molecule has 0 aromatic carbocycles. The van der Waals surface area contributed by atoms with Crippen molar-refractivity contribution in [2.75, 3.05) is 0 Å². The zero-order valence-corrected chi connectivity index (χ0v) is 5.86. The molecule has 0 aromatic heterocycles. The number of allylic oxidation sites excluding steroid dienone is 2. The van der Waals surface area contributed by atoms with Crippen molar-refractivity contribution in [2.24, 2.45) is 0 Å². The monoisotopic (exact) mass is 140 g/mol. The van der Waals surface area contributed by atoms with E-state index >= 15 is 0 Å². The summed E-state index contributed by atoms with van der Waals surface area (Å²) in [6.45, 7) is 6.98. The Morgan fingerprint density at radius 1 is 1.50 bits per heavy atom. The van der Waals surface area contributed by atoms with Gasteiger partial charge in [-0.15, -0.1) is 6.58 Å². The third-order valence-electron chi connectivity index (χ3n) is 0.996. The topological polar surface area (TPSA) is 29.5 Å². The molecule has 2 nitrogen and oxygen atoms in total. The maximum absolute atomic E-state index is 8.25. The molecule has 2 heteroatoms. The molecule has 0 fully saturated rings. The quantitative estimate of drug-likeness (QED) is 0.274. The van der Waals surface area contributed by atoms with Gasteiger partial charge in [0.25, 0.3) is 0 Å². The van der Waals surface area contributed by atoms with Gasteiger partial charge < -0.3 is 0 Å². The average Bonchev–Trinajstić information content (AvgIpc) is 1.98. The molecule has 1 N–H and O–H groups in total. The summed E-state index contributed by atoms with van der Waals surface area (Å²) in [6.07, 6.45) is 7.01. The fraction of sp³-hybridized carbons (Fsp3) is 0.250. The van der Waals surface area contributed by atoms with E-state index in [0.717, 1.165) is 0 Å². The number of hydrogen-bond acceptors (Lipinski definition) is 2. The Labute approximate surface area is 61.1 Å². The first-order valence-corrected chi connectivity index (χ1v) is 3.05. The lowest BCUT2D eigenvalue weighted by Gasteiger charge is -2.02. The molecule has 0 bridgehead atoms. The maximum Gasteiger partial charge on any atom is 0.114 e. The maximum atomic E-state index is 8.25. The predicted octanol–water partition coefficient (Wildman–Crippen LogP) is 2.16. The second kappa shape index (κ2) is 6.26. The third-order valence-corrected chi connectivity index (χ3v) is 0.996. The van der Waals surface area contributed by atoms with Crippen LogP contribution in [0.5, 0.6) is 0 Å². The van der Waals surface area contributed by atoms with Gasteiger partial charge in [0.2, 0.25) is 0 Å². The molecule has 56 valence electrons. The molecule has 10 heavy (non-hydrogen) atoms. The molecular formula is C8H12O2. The molecule has 0 saturated heterocycles. The third kappa shape index (κ3) is 4.06. The molecule has 0 heterocycles. The van der Waals surface area contributed by atoms with Crippen molar-refractivity contribution in [3.8, 4) is 0 Å². The zero-order chi connectivity index (χ0) is 7.82. The van der Waals surface area contributed by atoms with Gasteiger partial charge in [0.15, 0.2) is 0 Å². The zero-order valence-electron chi connectivity index (χ0n) is 5.86. The van der Waals surface area contributed by atoms with Gasteiger partial charge in [-0.3, -0.25) is 5.26 Å². The van der Waals surface area contributed by atoms with E-state index in [1.807, 2.05) is 0 Å². The lowest BCUT2D eigenvalue weighted by Crippen LogP contribution is -2.04. The van der Waals surface area contributed by atoms with Crippen LogP contribution in [0.2, 0.25) is 0 Å². The van der Waals surface area contributed by atoms with Crippen LogP contribution in [0.15, 0.2) is 37.5 Å². The second-order valence-electron chi connectivity index (χ2n) is 1.79. The highest BCUT2D eigenvalue weighted by molar-refractivity contribution is 5.01. The van der Waals surface area contributed by atoms with Gasteiger partial charge in [-0.2, -0.15) is 0 Å². The molecule has 1 atom stereocenters. The molecule has 0 aromatic rings. The largest absolute Gasteiger partial charge is 0.251 e. The Balaban J connectivity index is 3.68. The van der Waals surface area contributed by atoms with Gasteiger partial charge in [-0.1, -0.05) is 30.9 Å². The minimum Gasteiger partial charge on any atom is -0.251 e. The minimum absolute atomic E-state index is 0.296. The predicted molar refractivity (Wildman–Crippen MR) is 41.7 cm³/mol. The van der Waals surface area contributed by atoms with E-state index < -0.39 is 0 Å². The Bertz CT molecular complexity index is 127. The van der Waals surface area contributed by atoms with Crippen LogP contribution in [0.3, 0.4) is 0 Å². The summed E-state index contributed by atoms with van der Waals surface area (Å²) in [7, 11) is 0. The molecule has 0 aliphatic rings. The Morgan fingerprint density at radius 2 is 2.20 bits per heavy atom. The van der Waals surface area contributed by atoms with Crippen molar-refractivity contribution in [3.63, 3.8) is 0 Å². The Kier molecular flexibility index (Phi) is 5.72. The van der Waals surface area contributed by atoms with Crippen molar-refractivity contribution in [1.29, 1.82) is 0 Å². The van der Waals surface area contributed by atoms with Crippen molar-refractivity contribution >= 4 is 0 Å². The summed E-state index contributed by atoms with van der Waals surface area (Å²) >= 11 is 0. The van der Waals surface area contributed by atoms with E-state index in [1.165, 1.54) is 0 Å². The van der Waals surface area contributed by atoms with Crippen molar-refractivity contribution in [2.45, 2.75) is 12.5 Å². The molecular weight excluding hydrogens is 128 g/mol. The van der Waals surface area contributed by atoms with Crippen LogP contribution in [0.4, 0.5) is 0 Å². The Hall–Kier alpha value is -0.860. The molecule has 0 rings (SSSR count). The SMILES string of the molecule is C=CC=CC(CC=C)OO. The average molecular weight is 140 g/mol. The molecule has 0 aliphatic carbocycles. The summed E-state index contributed by atoms with van der Waals surface area (Å²) in [5.74, 6) is 0. The molecule has 0 radical (unpaired) electrons. The van der Waals surface area contributed by atoms with E-state index in [2.05, 4.69) is 18.0 Å². The van der Waals surface area contributed by atoms with E-state index in [4.69, 9.17) is 5.26 Å². The first-order chi connectivity index (χ1) is 4.85. The summed E-state index contributed by atoms with van der Waals surface area (Å²) < 4.78 is 0. The highest BCUT2D eigenvalue weighted by Crippen LogP contribution is 1.98. The van der Waals surface area contributed by atoms with Crippen molar-refractivity contribution in [3.05, 3.63) is 37.5 Å². The van der Waals surface area contributed by atoms with Gasteiger partial charge in [0.1, 0.15) is 6.10 Å². The van der Waals surface area contributed by atoms with Crippen LogP contribution >= 0.6 is 0 Å². The molecule has 0 saturated carbocycles. The van der Waals surface area contributed by atoms with Crippen molar-refractivity contribution < 1.29 is 10.1 Å². The van der Waals surface area contributed by atoms with Gasteiger partial charge >= 0.3 is 0 Å². The fourth-order valence-electron chi connectivity index (χ4n) is 0.523. The first-order valence-electron chi connectivity index (χ1n) is 3.05. The van der Waals surface area contributed by atoms with Gasteiger partial charge in [-0.25, -0.2) is 4.89 Å². The highest BCUT2D eigenvalue weighted by Gasteiger charge is 1.98. The van der Waals surface area contributed by atoms with Crippen LogP contribution in [-0.2, 0) is 4.89 Å². The lowest BCUT2D eigenvalue weighted by molar-refractivity contribution is -0.264. The summed E-state index contributed by atoms with van der Waals surface area (Å²) in [6, 6.07) is 0. The van der Waals surface area contributed by atoms with Crippen LogP contribution in [0.1, 0.15) is 6.42 Å². The smallest absolute Gasteiger partial charge is 0.114 e. The first kappa shape index (κ1) is 9.14. The summed E-state index contributed by atoms with van der Waals surface area (Å²) in [4.78, 5) is 4.09. The fourth-order valence-corrected chi connectivity index (χ4v) is 0.523. The van der Waals surface area contributed by atoms with Crippen molar-refractivity contribution in [1.82, 2.24) is 0 Å². The summed E-state index contributed by atoms with van der Waals surface area (Å²) in [5.41, 5.74) is 0. The van der Waals surface area contributed by atoms with Gasteiger partial charge in [0.05, 0.1) is 0 Å². The molecule has 0 amide bonds. The van der Waals surface area contributed by atoms with Crippen LogP contribution in [0.25, 0.3) is 0 Å². The lowest BCUT2D eigenvalue weighted by atomic mass is 10.2. The minimum atomic E-state index is -0.296. The number of hydrogen-bond donors (Lipinski definition) is 1. The van der Waals surface area contributed by atoms with E-state index in [9.17, 15) is 0 Å². The van der Waals surface area contributed by atoms with E-state index in [0.29, 0.717) is 6.42 Å². The van der Waals surface area contributed by atoms with E-state index in [-0.39, 0.29) is 6.10 Å². The summed E-state index contributed by atoms with van der Waals surface area (Å²) in [5, 5.41) is 8.25. The van der Waals surface area contributed by atoms with Gasteiger partial charge in [0, 0.05) is 0 Å². The molecule has 0 spiro atoms. The Morgan fingerprint density at radius 3 is 2.60 bits per heavy atom. The van der Waals surface area contributed by atoms with Crippen LogP contribution < -0.4 is 0 Å². The highest BCUT2D eigenvalue weighted by atomic mass is 17.1.